The van der Waals surface area contributed by atoms with Gasteiger partial charge in [-0.25, -0.2) is 9.98 Å². The highest BCUT2D eigenvalue weighted by molar-refractivity contribution is 8.76. The van der Waals surface area contributed by atoms with E-state index in [1.54, 1.807) is 70.0 Å². The van der Waals surface area contributed by atoms with E-state index in [0.29, 0.717) is 23.4 Å². The summed E-state index contributed by atoms with van der Waals surface area (Å²) in [5, 5.41) is 3.79. The highest BCUT2D eigenvalue weighted by Crippen LogP contribution is 2.41. The monoisotopic (exact) mass is 814 g/mol. The Labute approximate surface area is 330 Å². The largest absolute Gasteiger partial charge is 0.471 e. The first-order valence-corrected chi connectivity index (χ1v) is 22.1. The number of aliphatic imine (C=N–C) groups is 3. The standard InChI is InChI=1S/C39H49F3N6O4S2Si/c1-27(54-53-9)51-31-23-33(52-32(31)25-50-55(38(2,3)4,29-18-12-10-13-19-29)30-20-14-11-15-21-30)48-24-28(17-16-22-45-37(49)39(40,41)42)34(36(48)44-6)35(43-5)46-26-47(7)8/h10-15,18-21,24,26-27,31-33H,6,22-23,25H2,1-5,7-9H3,(H,45,49)/b43-35+,46-26+/t27-,31?,32+,33+/m0/s1. The molecule has 3 aromatic rings. The number of nitrogens with one attached hydrogen (secondary N) is 1. The molecular weight excluding hydrogens is 766 g/mol. The number of benzene rings is 2. The molecule has 1 N–H and O–H groups in total. The number of nitrogens with zero attached hydrogens (tertiary/aromatic N) is 5. The zero-order chi connectivity index (χ0) is 40.4. The van der Waals surface area contributed by atoms with Crippen LogP contribution in [-0.4, -0.2) is 107 Å². The smallest absolute Gasteiger partial charge is 0.405 e. The molecular formula is C39H49F3N6O4S2Si. The van der Waals surface area contributed by atoms with Crippen LogP contribution in [-0.2, 0) is 18.7 Å². The molecule has 296 valence electrons. The molecule has 55 heavy (non-hydrogen) atoms. The summed E-state index contributed by atoms with van der Waals surface area (Å²) in [5.41, 5.74) is 0.603. The second-order valence-corrected chi connectivity index (χ2v) is 21.0. The van der Waals surface area contributed by atoms with E-state index in [4.69, 9.17) is 13.9 Å². The van der Waals surface area contributed by atoms with Crippen molar-refractivity contribution in [2.75, 3.05) is 40.6 Å². The van der Waals surface area contributed by atoms with Gasteiger partial charge in [0.15, 0.2) is 5.84 Å². The van der Waals surface area contributed by atoms with Crippen LogP contribution in [0.2, 0.25) is 5.04 Å². The number of aromatic nitrogens is 1. The second kappa shape index (κ2) is 19.3. The molecule has 0 spiro atoms. The lowest BCUT2D eigenvalue weighted by Gasteiger charge is -2.43. The molecule has 4 rings (SSSR count). The molecule has 2 aromatic carbocycles. The van der Waals surface area contributed by atoms with Crippen molar-refractivity contribution in [3.05, 3.63) is 78.0 Å². The summed E-state index contributed by atoms with van der Waals surface area (Å²) in [6, 6.07) is 20.7. The molecule has 10 nitrogen and oxygen atoms in total. The summed E-state index contributed by atoms with van der Waals surface area (Å²) in [4.78, 5) is 26.4. The first kappa shape index (κ1) is 43.9. The van der Waals surface area contributed by atoms with Crippen molar-refractivity contribution < 1.29 is 31.9 Å². The average molecular weight is 815 g/mol. The van der Waals surface area contributed by atoms with Gasteiger partial charge in [0.05, 0.1) is 36.7 Å². The zero-order valence-corrected chi connectivity index (χ0v) is 35.0. The van der Waals surface area contributed by atoms with Crippen LogP contribution in [0.1, 0.15) is 51.5 Å². The Hall–Kier alpha value is -3.85. The Morgan fingerprint density at radius 3 is 2.27 bits per heavy atom. The first-order valence-electron chi connectivity index (χ1n) is 17.6. The molecule has 16 heteroatoms. The number of alkyl halides is 3. The summed E-state index contributed by atoms with van der Waals surface area (Å²) in [6.07, 6.45) is -0.876. The summed E-state index contributed by atoms with van der Waals surface area (Å²) in [6.45, 7) is 12.2. The minimum atomic E-state index is -5.03. The van der Waals surface area contributed by atoms with Crippen molar-refractivity contribution in [3.8, 4) is 11.8 Å². The van der Waals surface area contributed by atoms with Crippen LogP contribution in [0.5, 0.6) is 0 Å². The van der Waals surface area contributed by atoms with Crippen LogP contribution < -0.4 is 15.7 Å². The summed E-state index contributed by atoms with van der Waals surface area (Å²) < 4.78 is 61.0. The van der Waals surface area contributed by atoms with Crippen molar-refractivity contribution >= 4 is 70.9 Å². The Balaban J connectivity index is 1.78. The van der Waals surface area contributed by atoms with E-state index in [0.717, 1.165) is 10.4 Å². The van der Waals surface area contributed by atoms with E-state index < -0.39 is 39.3 Å². The fourth-order valence-corrected chi connectivity index (χ4v) is 12.5. The Kier molecular flexibility index (Phi) is 15.4. The van der Waals surface area contributed by atoms with Crippen LogP contribution in [0, 0.1) is 11.8 Å². The molecule has 0 aliphatic carbocycles. The molecule has 1 unspecified atom stereocenters. The molecule has 1 amide bonds. The number of ether oxygens (including phenoxy) is 2. The molecule has 4 atom stereocenters. The van der Waals surface area contributed by atoms with Crippen molar-refractivity contribution in [1.82, 2.24) is 14.8 Å². The van der Waals surface area contributed by atoms with Crippen LogP contribution in [0.15, 0.2) is 81.8 Å². The molecule has 0 radical (unpaired) electrons. The third kappa shape index (κ3) is 10.7. The minimum absolute atomic E-state index is 0.164. The number of carbonyl (C=O) groups is 1. The van der Waals surface area contributed by atoms with Gasteiger partial charge in [-0.05, 0) is 35.3 Å². The van der Waals surface area contributed by atoms with Gasteiger partial charge in [0.2, 0.25) is 0 Å². The third-order valence-corrected chi connectivity index (χ3v) is 15.8. The van der Waals surface area contributed by atoms with Crippen LogP contribution in [0.4, 0.5) is 19.0 Å². The molecule has 0 saturated carbocycles. The number of halogens is 3. The van der Waals surface area contributed by atoms with E-state index in [-0.39, 0.29) is 29.0 Å². The zero-order valence-electron chi connectivity index (χ0n) is 32.4. The number of carbonyl (C=O) groups excluding carboxylic acids is 1. The van der Waals surface area contributed by atoms with E-state index in [9.17, 15) is 18.0 Å². The van der Waals surface area contributed by atoms with E-state index in [1.807, 2.05) is 49.6 Å². The van der Waals surface area contributed by atoms with Gasteiger partial charge in [-0.2, -0.15) is 13.2 Å². The fraction of sp³-hybridized carbons (Fsp3) is 0.436. The summed E-state index contributed by atoms with van der Waals surface area (Å²) in [7, 11) is 5.44. The van der Waals surface area contributed by atoms with Gasteiger partial charge in [0, 0.05) is 33.8 Å². The normalized spacial score (nSPS) is 18.5. The maximum absolute atomic E-state index is 12.8. The van der Waals surface area contributed by atoms with E-state index in [1.165, 1.54) is 0 Å². The quantitative estimate of drug-likeness (QED) is 0.0501. The van der Waals surface area contributed by atoms with Gasteiger partial charge in [0.25, 0.3) is 8.32 Å². The van der Waals surface area contributed by atoms with Crippen LogP contribution >= 0.6 is 21.6 Å². The van der Waals surface area contributed by atoms with Crippen molar-refractivity contribution in [3.63, 3.8) is 0 Å². The fourth-order valence-electron chi connectivity index (χ4n) is 6.52. The number of rotatable bonds is 14. The SMILES string of the molecule is C=Nc1c(C(/N=C/N(C)C)=N\C)c(C#CCNC(=O)C(F)(F)F)cn1[C@H]1CC(O[C@H](C)SSC)[C@@H](CO[Si](c2ccccc2)(c2ccccc2)C(C)(C)C)O1. The maximum Gasteiger partial charge on any atom is 0.471 e. The van der Waals surface area contributed by atoms with Crippen molar-refractivity contribution in [2.45, 2.75) is 69.2 Å². The topological polar surface area (TPSA) is 102 Å². The molecule has 1 fully saturated rings. The highest BCUT2D eigenvalue weighted by Gasteiger charge is 2.51. The van der Waals surface area contributed by atoms with Crippen molar-refractivity contribution in [1.29, 1.82) is 0 Å². The Morgan fingerprint density at radius 2 is 1.76 bits per heavy atom. The number of amidine groups is 1. The van der Waals surface area contributed by atoms with Crippen LogP contribution in [0.25, 0.3) is 0 Å². The highest BCUT2D eigenvalue weighted by atomic mass is 33.1. The summed E-state index contributed by atoms with van der Waals surface area (Å²) in [5.74, 6) is 4.05. The molecule has 1 saturated heterocycles. The average Bonchev–Trinajstić information content (AvgIpc) is 3.71. The third-order valence-electron chi connectivity index (χ3n) is 8.79. The molecule has 2 heterocycles. The molecule has 1 aliphatic heterocycles. The second-order valence-electron chi connectivity index (χ2n) is 13.9. The predicted molar refractivity (Wildman–Crippen MR) is 222 cm³/mol. The lowest BCUT2D eigenvalue weighted by molar-refractivity contribution is -0.173. The van der Waals surface area contributed by atoms with Gasteiger partial charge in [-0.3, -0.25) is 9.79 Å². The lowest BCUT2D eigenvalue weighted by Crippen LogP contribution is -2.67. The summed E-state index contributed by atoms with van der Waals surface area (Å²) >= 11 is 0. The van der Waals surface area contributed by atoms with E-state index >= 15 is 0 Å². The van der Waals surface area contributed by atoms with Crippen molar-refractivity contribution in [2.24, 2.45) is 15.0 Å². The van der Waals surface area contributed by atoms with Gasteiger partial charge in [0.1, 0.15) is 23.6 Å². The number of hydrogen-bond donors (Lipinski definition) is 1. The number of amides is 1. The van der Waals surface area contributed by atoms with Gasteiger partial charge < -0.3 is 28.7 Å². The lowest BCUT2D eigenvalue weighted by atomic mass is 10.1. The Morgan fingerprint density at radius 1 is 1.15 bits per heavy atom. The Bertz CT molecular complexity index is 1840. The predicted octanol–water partition coefficient (Wildman–Crippen LogP) is 6.42. The molecule has 0 bridgehead atoms. The van der Waals surface area contributed by atoms with Crippen LogP contribution in [0.3, 0.4) is 0 Å². The maximum atomic E-state index is 12.8. The van der Waals surface area contributed by atoms with E-state index in [2.05, 4.69) is 78.6 Å². The number of hydrogen-bond acceptors (Lipinski definition) is 8. The van der Waals surface area contributed by atoms with Gasteiger partial charge >= 0.3 is 12.1 Å². The first-order chi connectivity index (χ1) is 26.1. The molecule has 1 aliphatic rings. The van der Waals surface area contributed by atoms with Gasteiger partial charge in [-0.1, -0.05) is 115 Å². The minimum Gasteiger partial charge on any atom is -0.405 e. The van der Waals surface area contributed by atoms with Gasteiger partial charge in [-0.15, -0.1) is 0 Å². The molecule has 1 aromatic heterocycles.